The van der Waals surface area contributed by atoms with E-state index in [0.29, 0.717) is 11.5 Å². The van der Waals surface area contributed by atoms with Gasteiger partial charge in [-0.1, -0.05) is 26.0 Å². The topological polar surface area (TPSA) is 20.2 Å². The lowest BCUT2D eigenvalue weighted by Gasteiger charge is -2.14. The van der Waals surface area contributed by atoms with E-state index in [9.17, 15) is 4.39 Å². The van der Waals surface area contributed by atoms with Crippen molar-refractivity contribution >= 4 is 0 Å². The maximum atomic E-state index is 13.6. The van der Waals surface area contributed by atoms with Crippen molar-refractivity contribution in [3.05, 3.63) is 35.1 Å². The van der Waals surface area contributed by atoms with Crippen molar-refractivity contribution in [3.63, 3.8) is 0 Å². The van der Waals surface area contributed by atoms with Crippen LogP contribution in [0.2, 0.25) is 0 Å². The van der Waals surface area contributed by atoms with Crippen LogP contribution in [0.5, 0.6) is 0 Å². The minimum absolute atomic E-state index is 0.0971. The van der Waals surface area contributed by atoms with E-state index in [1.807, 2.05) is 0 Å². The van der Waals surface area contributed by atoms with Crippen molar-refractivity contribution < 1.29 is 9.50 Å². The fourth-order valence-corrected chi connectivity index (χ4v) is 1.73. The highest BCUT2D eigenvalue weighted by Gasteiger charge is 2.11. The minimum atomic E-state index is -0.190. The van der Waals surface area contributed by atoms with Gasteiger partial charge in [0.15, 0.2) is 0 Å². The maximum absolute atomic E-state index is 13.6. The third-order valence-electron chi connectivity index (χ3n) is 2.67. The Kier molecular flexibility index (Phi) is 4.08. The Morgan fingerprint density at radius 2 is 1.93 bits per heavy atom. The van der Waals surface area contributed by atoms with E-state index in [1.54, 1.807) is 12.1 Å². The van der Waals surface area contributed by atoms with Gasteiger partial charge in [0.1, 0.15) is 5.82 Å². The van der Waals surface area contributed by atoms with Crippen LogP contribution in [-0.2, 0) is 6.61 Å². The first-order chi connectivity index (χ1) is 6.72. The highest BCUT2D eigenvalue weighted by Crippen LogP contribution is 2.25. The van der Waals surface area contributed by atoms with Crippen LogP contribution >= 0.6 is 0 Å². The number of benzene rings is 1. The van der Waals surface area contributed by atoms with E-state index in [2.05, 4.69) is 13.8 Å². The normalized spacial score (nSPS) is 10.9. The Bertz CT molecular complexity index is 292. The van der Waals surface area contributed by atoms with E-state index in [1.165, 1.54) is 6.07 Å². The van der Waals surface area contributed by atoms with Crippen LogP contribution in [0.4, 0.5) is 4.39 Å². The molecule has 0 fully saturated rings. The number of hydrogen-bond acceptors (Lipinski definition) is 1. The molecule has 0 amide bonds. The molecular formula is C12H17FO. The highest BCUT2D eigenvalue weighted by molar-refractivity contribution is 5.26. The summed E-state index contributed by atoms with van der Waals surface area (Å²) >= 11 is 0. The third-order valence-corrected chi connectivity index (χ3v) is 2.67. The molecule has 1 nitrogen and oxygen atoms in total. The van der Waals surface area contributed by atoms with Gasteiger partial charge < -0.3 is 5.11 Å². The fourth-order valence-electron chi connectivity index (χ4n) is 1.73. The van der Waals surface area contributed by atoms with Gasteiger partial charge in [-0.25, -0.2) is 4.39 Å². The summed E-state index contributed by atoms with van der Waals surface area (Å²) in [6.07, 6.45) is 1.90. The Labute approximate surface area is 84.6 Å². The average molecular weight is 196 g/mol. The molecule has 0 saturated carbocycles. The van der Waals surface area contributed by atoms with Crippen molar-refractivity contribution in [1.29, 1.82) is 0 Å². The van der Waals surface area contributed by atoms with Gasteiger partial charge in [0, 0.05) is 0 Å². The van der Waals surface area contributed by atoms with Crippen molar-refractivity contribution in [2.75, 3.05) is 0 Å². The van der Waals surface area contributed by atoms with E-state index in [0.717, 1.165) is 18.4 Å². The molecule has 0 aliphatic heterocycles. The van der Waals surface area contributed by atoms with Crippen LogP contribution in [-0.4, -0.2) is 5.11 Å². The summed E-state index contributed by atoms with van der Waals surface area (Å²) in [5.74, 6) is 0.105. The molecule has 0 aromatic heterocycles. The zero-order valence-corrected chi connectivity index (χ0v) is 8.76. The lowest BCUT2D eigenvalue weighted by atomic mass is 9.93. The Morgan fingerprint density at radius 3 is 2.36 bits per heavy atom. The lowest BCUT2D eigenvalue weighted by Crippen LogP contribution is -2.00. The first-order valence-corrected chi connectivity index (χ1v) is 5.12. The van der Waals surface area contributed by atoms with Crippen LogP contribution in [0.3, 0.4) is 0 Å². The van der Waals surface area contributed by atoms with Crippen LogP contribution in [0, 0.1) is 5.82 Å². The molecule has 0 aliphatic carbocycles. The van der Waals surface area contributed by atoms with Gasteiger partial charge >= 0.3 is 0 Å². The quantitative estimate of drug-likeness (QED) is 0.784. The van der Waals surface area contributed by atoms with Gasteiger partial charge in [0.25, 0.3) is 0 Å². The highest BCUT2D eigenvalue weighted by atomic mass is 19.1. The second kappa shape index (κ2) is 5.11. The fraction of sp³-hybridized carbons (Fsp3) is 0.500. The molecular weight excluding hydrogens is 179 g/mol. The Morgan fingerprint density at radius 1 is 1.29 bits per heavy atom. The van der Waals surface area contributed by atoms with Gasteiger partial charge in [-0.3, -0.25) is 0 Å². The zero-order valence-electron chi connectivity index (χ0n) is 8.76. The standard InChI is InChI=1S/C12H17FO/c1-3-10(4-2)11-6-5-9(8-14)7-12(11)13/h5-7,10,14H,3-4,8H2,1-2H3. The number of rotatable bonds is 4. The molecule has 0 atom stereocenters. The number of aliphatic hydroxyl groups excluding tert-OH is 1. The molecule has 1 N–H and O–H groups in total. The molecule has 2 heteroatoms. The Balaban J connectivity index is 2.98. The predicted molar refractivity (Wildman–Crippen MR) is 55.6 cm³/mol. The van der Waals surface area contributed by atoms with Gasteiger partial charge in [-0.2, -0.15) is 0 Å². The van der Waals surface area contributed by atoms with E-state index in [-0.39, 0.29) is 12.4 Å². The second-order valence-corrected chi connectivity index (χ2v) is 3.53. The van der Waals surface area contributed by atoms with Crippen LogP contribution in [0.25, 0.3) is 0 Å². The molecule has 0 saturated heterocycles. The molecule has 0 unspecified atom stereocenters. The molecule has 14 heavy (non-hydrogen) atoms. The second-order valence-electron chi connectivity index (χ2n) is 3.53. The predicted octanol–water partition coefficient (Wildman–Crippen LogP) is 3.22. The summed E-state index contributed by atoms with van der Waals surface area (Å²) < 4.78 is 13.6. The summed E-state index contributed by atoms with van der Waals surface area (Å²) in [6, 6.07) is 5.00. The molecule has 78 valence electrons. The summed E-state index contributed by atoms with van der Waals surface area (Å²) in [5, 5.41) is 8.84. The smallest absolute Gasteiger partial charge is 0.127 e. The number of aliphatic hydroxyl groups is 1. The van der Waals surface area contributed by atoms with Crippen LogP contribution in [0.1, 0.15) is 43.7 Å². The first-order valence-electron chi connectivity index (χ1n) is 5.12. The van der Waals surface area contributed by atoms with Gasteiger partial charge in [-0.05, 0) is 36.0 Å². The molecule has 0 heterocycles. The van der Waals surface area contributed by atoms with Crippen molar-refractivity contribution in [2.24, 2.45) is 0 Å². The molecule has 0 spiro atoms. The molecule has 1 aromatic carbocycles. The summed E-state index contributed by atoms with van der Waals surface area (Å²) in [4.78, 5) is 0. The van der Waals surface area contributed by atoms with E-state index in [4.69, 9.17) is 5.11 Å². The van der Waals surface area contributed by atoms with Crippen LogP contribution in [0.15, 0.2) is 18.2 Å². The average Bonchev–Trinajstić information content (AvgIpc) is 2.22. The van der Waals surface area contributed by atoms with Gasteiger partial charge in [0.05, 0.1) is 6.61 Å². The largest absolute Gasteiger partial charge is 0.392 e. The number of halogens is 1. The van der Waals surface area contributed by atoms with E-state index < -0.39 is 0 Å². The number of hydrogen-bond donors (Lipinski definition) is 1. The summed E-state index contributed by atoms with van der Waals surface area (Å²) in [5.41, 5.74) is 1.41. The lowest BCUT2D eigenvalue weighted by molar-refractivity contribution is 0.281. The molecule has 0 radical (unpaired) electrons. The molecule has 1 rings (SSSR count). The molecule has 1 aromatic rings. The summed E-state index contributed by atoms with van der Waals surface area (Å²) in [7, 11) is 0. The first kappa shape index (κ1) is 11.2. The van der Waals surface area contributed by atoms with Crippen molar-refractivity contribution in [1.82, 2.24) is 0 Å². The third kappa shape index (κ3) is 2.32. The monoisotopic (exact) mass is 196 g/mol. The zero-order chi connectivity index (χ0) is 10.6. The molecule has 0 aliphatic rings. The Hall–Kier alpha value is -0.890. The van der Waals surface area contributed by atoms with Gasteiger partial charge in [0.2, 0.25) is 0 Å². The molecule has 0 bridgehead atoms. The van der Waals surface area contributed by atoms with Gasteiger partial charge in [-0.15, -0.1) is 0 Å². The van der Waals surface area contributed by atoms with Crippen molar-refractivity contribution in [3.8, 4) is 0 Å². The minimum Gasteiger partial charge on any atom is -0.392 e. The SMILES string of the molecule is CCC(CC)c1ccc(CO)cc1F. The van der Waals surface area contributed by atoms with Crippen LogP contribution < -0.4 is 0 Å². The summed E-state index contributed by atoms with van der Waals surface area (Å²) in [6.45, 7) is 4.03. The van der Waals surface area contributed by atoms with E-state index >= 15 is 0 Å². The van der Waals surface area contributed by atoms with Crippen molar-refractivity contribution in [2.45, 2.75) is 39.2 Å². The maximum Gasteiger partial charge on any atom is 0.127 e.